The molecule has 1 heterocycles. The molecule has 0 saturated heterocycles. The van der Waals surface area contributed by atoms with E-state index in [0.29, 0.717) is 11.4 Å². The molecule has 0 spiro atoms. The van der Waals surface area contributed by atoms with Crippen molar-refractivity contribution < 1.29 is 13.9 Å². The first-order chi connectivity index (χ1) is 9.04. The quantitative estimate of drug-likeness (QED) is 0.813. The van der Waals surface area contributed by atoms with Gasteiger partial charge in [-0.3, -0.25) is 0 Å². The second-order valence-electron chi connectivity index (χ2n) is 3.98. The van der Waals surface area contributed by atoms with Gasteiger partial charge in [0.15, 0.2) is 0 Å². The second kappa shape index (κ2) is 5.40. The Labute approximate surface area is 114 Å². The molecule has 19 heavy (non-hydrogen) atoms. The Morgan fingerprint density at radius 3 is 2.95 bits per heavy atom. The highest BCUT2D eigenvalue weighted by atomic mass is 35.5. The van der Waals surface area contributed by atoms with Crippen LogP contribution in [0.15, 0.2) is 24.4 Å². The van der Waals surface area contributed by atoms with E-state index in [-0.39, 0.29) is 17.3 Å². The van der Waals surface area contributed by atoms with Crippen LogP contribution in [0.3, 0.4) is 0 Å². The lowest BCUT2D eigenvalue weighted by atomic mass is 10.2. The molecule has 0 fully saturated rings. The SMILES string of the molecule is COC(=O)c1cnc(C)n1Cc1cccc(Cl)c1F. The van der Waals surface area contributed by atoms with E-state index < -0.39 is 11.8 Å². The fourth-order valence-electron chi connectivity index (χ4n) is 1.78. The summed E-state index contributed by atoms with van der Waals surface area (Å²) in [4.78, 5) is 15.6. The predicted octanol–water partition coefficient (Wildman–Crippen LogP) is 2.82. The zero-order valence-corrected chi connectivity index (χ0v) is 11.2. The first-order valence-corrected chi connectivity index (χ1v) is 5.95. The van der Waals surface area contributed by atoms with Crippen LogP contribution >= 0.6 is 11.6 Å². The fraction of sp³-hybridized carbons (Fsp3) is 0.231. The van der Waals surface area contributed by atoms with Crippen LogP contribution in [-0.4, -0.2) is 22.6 Å². The average molecular weight is 283 g/mol. The zero-order chi connectivity index (χ0) is 14.0. The van der Waals surface area contributed by atoms with Gasteiger partial charge in [0, 0.05) is 5.56 Å². The number of carbonyl (C=O) groups is 1. The van der Waals surface area contributed by atoms with Crippen molar-refractivity contribution in [2.75, 3.05) is 7.11 Å². The van der Waals surface area contributed by atoms with Gasteiger partial charge in [-0.1, -0.05) is 23.7 Å². The van der Waals surface area contributed by atoms with E-state index in [1.165, 1.54) is 19.4 Å². The number of esters is 1. The number of halogens is 2. The van der Waals surface area contributed by atoms with E-state index in [2.05, 4.69) is 9.72 Å². The van der Waals surface area contributed by atoms with Crippen molar-refractivity contribution >= 4 is 17.6 Å². The number of imidazole rings is 1. The van der Waals surface area contributed by atoms with Gasteiger partial charge in [0.05, 0.1) is 24.9 Å². The Morgan fingerprint density at radius 2 is 2.26 bits per heavy atom. The van der Waals surface area contributed by atoms with Crippen LogP contribution in [-0.2, 0) is 11.3 Å². The van der Waals surface area contributed by atoms with Gasteiger partial charge >= 0.3 is 5.97 Å². The molecule has 0 aliphatic carbocycles. The minimum atomic E-state index is -0.511. The van der Waals surface area contributed by atoms with E-state index >= 15 is 0 Å². The number of rotatable bonds is 3. The van der Waals surface area contributed by atoms with Gasteiger partial charge in [-0.2, -0.15) is 0 Å². The van der Waals surface area contributed by atoms with Crippen LogP contribution in [0.25, 0.3) is 0 Å². The Bertz CT molecular complexity index is 625. The van der Waals surface area contributed by atoms with Crippen LogP contribution in [0, 0.1) is 12.7 Å². The summed E-state index contributed by atoms with van der Waals surface area (Å²) in [7, 11) is 1.29. The number of benzene rings is 1. The molecule has 0 saturated carbocycles. The maximum atomic E-state index is 13.9. The first-order valence-electron chi connectivity index (χ1n) is 5.58. The number of carbonyl (C=O) groups excluding carboxylic acids is 1. The second-order valence-corrected chi connectivity index (χ2v) is 4.39. The minimum absolute atomic E-state index is 0.0508. The molecule has 100 valence electrons. The number of methoxy groups -OCH3 is 1. The molecule has 1 aromatic heterocycles. The van der Waals surface area contributed by atoms with Crippen molar-refractivity contribution in [2.24, 2.45) is 0 Å². The summed E-state index contributed by atoms with van der Waals surface area (Å²) in [6.07, 6.45) is 1.41. The molecule has 0 unspecified atom stereocenters. The van der Waals surface area contributed by atoms with Gasteiger partial charge in [-0.05, 0) is 13.0 Å². The van der Waals surface area contributed by atoms with Gasteiger partial charge in [0.25, 0.3) is 0 Å². The third-order valence-corrected chi connectivity index (χ3v) is 3.10. The highest BCUT2D eigenvalue weighted by molar-refractivity contribution is 6.30. The average Bonchev–Trinajstić information content (AvgIpc) is 2.76. The lowest BCUT2D eigenvalue weighted by molar-refractivity contribution is 0.0588. The molecule has 0 atom stereocenters. The Kier molecular flexibility index (Phi) is 3.85. The van der Waals surface area contributed by atoms with Crippen molar-refractivity contribution in [1.82, 2.24) is 9.55 Å². The summed E-state index contributed by atoms with van der Waals surface area (Å²) in [6, 6.07) is 4.74. The van der Waals surface area contributed by atoms with Crippen LogP contribution in [0.4, 0.5) is 4.39 Å². The van der Waals surface area contributed by atoms with Crippen molar-refractivity contribution in [1.29, 1.82) is 0 Å². The summed E-state index contributed by atoms with van der Waals surface area (Å²) in [6.45, 7) is 1.90. The lowest BCUT2D eigenvalue weighted by Gasteiger charge is -2.10. The third kappa shape index (κ3) is 2.61. The maximum absolute atomic E-state index is 13.9. The molecule has 0 aliphatic rings. The molecule has 0 radical (unpaired) electrons. The van der Waals surface area contributed by atoms with Gasteiger partial charge in [-0.15, -0.1) is 0 Å². The van der Waals surface area contributed by atoms with Gasteiger partial charge < -0.3 is 9.30 Å². The third-order valence-electron chi connectivity index (χ3n) is 2.81. The van der Waals surface area contributed by atoms with E-state index in [1.54, 1.807) is 23.6 Å². The van der Waals surface area contributed by atoms with Crippen molar-refractivity contribution in [3.63, 3.8) is 0 Å². The van der Waals surface area contributed by atoms with Crippen molar-refractivity contribution in [3.05, 3.63) is 52.3 Å². The predicted molar refractivity (Wildman–Crippen MR) is 68.8 cm³/mol. The lowest BCUT2D eigenvalue weighted by Crippen LogP contribution is -2.13. The maximum Gasteiger partial charge on any atom is 0.356 e. The molecule has 1 aromatic carbocycles. The molecule has 2 aromatic rings. The summed E-state index contributed by atoms with van der Waals surface area (Å²) in [5.41, 5.74) is 0.665. The molecule has 0 N–H and O–H groups in total. The minimum Gasteiger partial charge on any atom is -0.464 e. The van der Waals surface area contributed by atoms with E-state index in [9.17, 15) is 9.18 Å². The van der Waals surface area contributed by atoms with Crippen molar-refractivity contribution in [3.8, 4) is 0 Å². The molecular weight excluding hydrogens is 271 g/mol. The van der Waals surface area contributed by atoms with Crippen molar-refractivity contribution in [2.45, 2.75) is 13.5 Å². The van der Waals surface area contributed by atoms with Crippen LogP contribution in [0.5, 0.6) is 0 Å². The number of hydrogen-bond donors (Lipinski definition) is 0. The Morgan fingerprint density at radius 1 is 1.53 bits per heavy atom. The van der Waals surface area contributed by atoms with E-state index in [1.807, 2.05) is 0 Å². The number of hydrogen-bond acceptors (Lipinski definition) is 3. The number of nitrogens with zero attached hydrogens (tertiary/aromatic N) is 2. The molecule has 0 bridgehead atoms. The normalized spacial score (nSPS) is 10.5. The Hall–Kier alpha value is -1.88. The monoisotopic (exact) mass is 282 g/mol. The van der Waals surface area contributed by atoms with Crippen LogP contribution in [0.1, 0.15) is 21.9 Å². The van der Waals surface area contributed by atoms with Gasteiger partial charge in [0.2, 0.25) is 0 Å². The molecule has 4 nitrogen and oxygen atoms in total. The molecule has 6 heteroatoms. The number of ether oxygens (including phenoxy) is 1. The zero-order valence-electron chi connectivity index (χ0n) is 10.5. The first kappa shape index (κ1) is 13.5. The van der Waals surface area contributed by atoms with Gasteiger partial charge in [0.1, 0.15) is 17.3 Å². The molecule has 2 rings (SSSR count). The standard InChI is InChI=1S/C13H12ClFN2O2/c1-8-16-6-11(13(18)19-2)17(8)7-9-4-3-5-10(14)12(9)15/h3-6H,7H2,1-2H3. The van der Waals surface area contributed by atoms with E-state index in [0.717, 1.165) is 0 Å². The smallest absolute Gasteiger partial charge is 0.356 e. The van der Waals surface area contributed by atoms with Crippen LogP contribution < -0.4 is 0 Å². The topological polar surface area (TPSA) is 44.1 Å². The fourth-order valence-corrected chi connectivity index (χ4v) is 1.97. The number of aromatic nitrogens is 2. The van der Waals surface area contributed by atoms with Crippen LogP contribution in [0.2, 0.25) is 5.02 Å². The highest BCUT2D eigenvalue weighted by Crippen LogP contribution is 2.20. The van der Waals surface area contributed by atoms with Gasteiger partial charge in [-0.25, -0.2) is 14.2 Å². The highest BCUT2D eigenvalue weighted by Gasteiger charge is 2.16. The molecule has 0 amide bonds. The molecule has 0 aliphatic heterocycles. The summed E-state index contributed by atoms with van der Waals surface area (Å²) >= 11 is 5.73. The number of aryl methyl sites for hydroxylation is 1. The largest absolute Gasteiger partial charge is 0.464 e. The van der Waals surface area contributed by atoms with E-state index in [4.69, 9.17) is 11.6 Å². The summed E-state index contributed by atoms with van der Waals surface area (Å²) in [5, 5.41) is 0.0508. The summed E-state index contributed by atoms with van der Waals surface area (Å²) < 4.78 is 20.1. The summed E-state index contributed by atoms with van der Waals surface area (Å²) in [5.74, 6) is -0.407. The molecular formula is C13H12ClFN2O2. The Balaban J connectivity index is 2.41.